The molecule has 0 aromatic rings. The van der Waals surface area contributed by atoms with E-state index in [0.717, 1.165) is 32.1 Å². The zero-order chi connectivity index (χ0) is 33.6. The lowest BCUT2D eigenvalue weighted by Crippen LogP contribution is -2.45. The van der Waals surface area contributed by atoms with Crippen molar-refractivity contribution in [1.29, 1.82) is 0 Å². The van der Waals surface area contributed by atoms with E-state index in [1.165, 1.54) is 167 Å². The van der Waals surface area contributed by atoms with E-state index >= 15 is 0 Å². The molecule has 0 heterocycles. The molecule has 0 aromatic heterocycles. The first-order valence-corrected chi connectivity index (χ1v) is 20.6. The minimum atomic E-state index is -0.856. The van der Waals surface area contributed by atoms with E-state index < -0.39 is 12.1 Å². The fourth-order valence-electron chi connectivity index (χ4n) is 6.25. The molecule has 2 unspecified atom stereocenters. The van der Waals surface area contributed by atoms with Crippen molar-refractivity contribution in [1.82, 2.24) is 5.32 Å². The van der Waals surface area contributed by atoms with E-state index in [4.69, 9.17) is 0 Å². The van der Waals surface area contributed by atoms with Gasteiger partial charge in [0, 0.05) is 6.42 Å². The summed E-state index contributed by atoms with van der Waals surface area (Å²) >= 11 is 0. The highest BCUT2D eigenvalue weighted by Gasteiger charge is 2.17. The highest BCUT2D eigenvalue weighted by Crippen LogP contribution is 2.15. The van der Waals surface area contributed by atoms with Gasteiger partial charge in [-0.25, -0.2) is 0 Å². The Morgan fingerprint density at radius 3 is 1.26 bits per heavy atom. The first-order valence-electron chi connectivity index (χ1n) is 20.6. The molecule has 4 heteroatoms. The minimum absolute atomic E-state index is 0.0715. The van der Waals surface area contributed by atoms with Crippen LogP contribution in [0, 0.1) is 0 Å². The van der Waals surface area contributed by atoms with Gasteiger partial charge in [0.2, 0.25) is 5.91 Å². The van der Waals surface area contributed by atoms with Crippen LogP contribution in [0.25, 0.3) is 0 Å². The summed E-state index contributed by atoms with van der Waals surface area (Å²) in [4.78, 5) is 12.3. The smallest absolute Gasteiger partial charge is 0.220 e. The van der Waals surface area contributed by atoms with Gasteiger partial charge in [-0.1, -0.05) is 205 Å². The Labute approximate surface area is 288 Å². The summed E-state index contributed by atoms with van der Waals surface area (Å²) in [6.45, 7) is 4.30. The number of carbonyl (C=O) groups is 1. The van der Waals surface area contributed by atoms with E-state index in [-0.39, 0.29) is 12.5 Å². The van der Waals surface area contributed by atoms with Crippen molar-refractivity contribution in [3.05, 3.63) is 24.3 Å². The van der Waals surface area contributed by atoms with Gasteiger partial charge < -0.3 is 15.5 Å². The average Bonchev–Trinajstić information content (AvgIpc) is 3.06. The second kappa shape index (κ2) is 38.3. The molecule has 0 saturated carbocycles. The number of aliphatic hydroxyl groups is 2. The van der Waals surface area contributed by atoms with Crippen molar-refractivity contribution in [2.75, 3.05) is 6.61 Å². The molecule has 1 amide bonds. The van der Waals surface area contributed by atoms with Crippen LogP contribution in [-0.4, -0.2) is 34.9 Å². The van der Waals surface area contributed by atoms with Gasteiger partial charge in [0.05, 0.1) is 18.8 Å². The SMILES string of the molecule is CCCCCCCCCC/C=C/CC/C=C/C(O)C(CO)NC(=O)CCCCCCCCCCCCCCCCCCCCCC. The summed E-state index contributed by atoms with van der Waals surface area (Å²) in [5.74, 6) is -0.0715. The van der Waals surface area contributed by atoms with Crippen LogP contribution in [0.4, 0.5) is 0 Å². The zero-order valence-electron chi connectivity index (χ0n) is 31.1. The zero-order valence-corrected chi connectivity index (χ0v) is 31.1. The van der Waals surface area contributed by atoms with Gasteiger partial charge in [0.1, 0.15) is 0 Å². The molecule has 2 atom stereocenters. The Hall–Kier alpha value is -1.13. The molecule has 4 nitrogen and oxygen atoms in total. The third kappa shape index (κ3) is 34.2. The maximum absolute atomic E-state index is 12.3. The molecule has 0 aromatic carbocycles. The van der Waals surface area contributed by atoms with E-state index in [1.807, 2.05) is 6.08 Å². The van der Waals surface area contributed by atoms with Crippen molar-refractivity contribution >= 4 is 5.91 Å². The summed E-state index contributed by atoms with van der Waals surface area (Å²) in [5, 5.41) is 22.9. The molecule has 46 heavy (non-hydrogen) atoms. The van der Waals surface area contributed by atoms with Crippen LogP contribution in [0.2, 0.25) is 0 Å². The lowest BCUT2D eigenvalue weighted by atomic mass is 10.0. The maximum atomic E-state index is 12.3. The second-order valence-corrected chi connectivity index (χ2v) is 14.1. The molecule has 0 spiro atoms. The average molecular weight is 648 g/mol. The van der Waals surface area contributed by atoms with E-state index in [2.05, 4.69) is 31.3 Å². The van der Waals surface area contributed by atoms with Gasteiger partial charge in [-0.2, -0.15) is 0 Å². The van der Waals surface area contributed by atoms with Crippen molar-refractivity contribution in [2.45, 2.75) is 231 Å². The quantitative estimate of drug-likeness (QED) is 0.0464. The third-order valence-electron chi connectivity index (χ3n) is 9.44. The molecule has 0 aliphatic carbocycles. The Morgan fingerprint density at radius 2 is 0.848 bits per heavy atom. The summed E-state index contributed by atoms with van der Waals surface area (Å²) in [6, 6.07) is -0.633. The van der Waals surface area contributed by atoms with Gasteiger partial charge in [-0.05, 0) is 32.1 Å². The fourth-order valence-corrected chi connectivity index (χ4v) is 6.25. The number of hydrogen-bond acceptors (Lipinski definition) is 3. The van der Waals surface area contributed by atoms with Crippen molar-refractivity contribution < 1.29 is 15.0 Å². The molecule has 0 saturated heterocycles. The highest BCUT2D eigenvalue weighted by atomic mass is 16.3. The number of hydrogen-bond donors (Lipinski definition) is 3. The first-order chi connectivity index (χ1) is 22.7. The van der Waals surface area contributed by atoms with Crippen LogP contribution in [0.15, 0.2) is 24.3 Å². The minimum Gasteiger partial charge on any atom is -0.394 e. The predicted molar refractivity (Wildman–Crippen MR) is 202 cm³/mol. The maximum Gasteiger partial charge on any atom is 0.220 e. The Kier molecular flexibility index (Phi) is 37.4. The van der Waals surface area contributed by atoms with Crippen LogP contribution in [-0.2, 0) is 4.79 Å². The van der Waals surface area contributed by atoms with Crippen LogP contribution in [0.1, 0.15) is 219 Å². The van der Waals surface area contributed by atoms with Crippen LogP contribution in [0.3, 0.4) is 0 Å². The summed E-state index contributed by atoms with van der Waals surface area (Å²) in [6.07, 6.45) is 48.5. The number of allylic oxidation sites excluding steroid dienone is 3. The Morgan fingerprint density at radius 1 is 0.500 bits per heavy atom. The Balaban J connectivity index is 3.57. The monoisotopic (exact) mass is 648 g/mol. The normalized spacial score (nSPS) is 13.2. The predicted octanol–water partition coefficient (Wildman–Crippen LogP) is 12.5. The summed E-state index contributed by atoms with van der Waals surface area (Å²) < 4.78 is 0. The third-order valence-corrected chi connectivity index (χ3v) is 9.44. The van der Waals surface area contributed by atoms with Gasteiger partial charge in [0.15, 0.2) is 0 Å². The molecule has 0 aliphatic heterocycles. The van der Waals surface area contributed by atoms with E-state index in [1.54, 1.807) is 6.08 Å². The van der Waals surface area contributed by atoms with E-state index in [9.17, 15) is 15.0 Å². The molecule has 0 radical (unpaired) electrons. The summed E-state index contributed by atoms with van der Waals surface area (Å²) in [5.41, 5.74) is 0. The Bertz CT molecular complexity index is 661. The fraction of sp³-hybridized carbons (Fsp3) is 0.881. The molecule has 0 rings (SSSR count). The molecule has 0 bridgehead atoms. The first kappa shape index (κ1) is 44.9. The molecule has 3 N–H and O–H groups in total. The molecular formula is C42H81NO3. The lowest BCUT2D eigenvalue weighted by Gasteiger charge is -2.19. The molecule has 272 valence electrons. The number of nitrogens with one attached hydrogen (secondary N) is 1. The van der Waals surface area contributed by atoms with Gasteiger partial charge in [0.25, 0.3) is 0 Å². The number of carbonyl (C=O) groups excluding carboxylic acids is 1. The van der Waals surface area contributed by atoms with Gasteiger partial charge in [-0.3, -0.25) is 4.79 Å². The van der Waals surface area contributed by atoms with Crippen molar-refractivity contribution in [2.24, 2.45) is 0 Å². The van der Waals surface area contributed by atoms with Crippen LogP contribution < -0.4 is 5.32 Å². The van der Waals surface area contributed by atoms with Crippen molar-refractivity contribution in [3.8, 4) is 0 Å². The number of rotatable bonds is 37. The van der Waals surface area contributed by atoms with Crippen LogP contribution in [0.5, 0.6) is 0 Å². The molecule has 0 fully saturated rings. The van der Waals surface area contributed by atoms with Crippen molar-refractivity contribution in [3.63, 3.8) is 0 Å². The van der Waals surface area contributed by atoms with Crippen LogP contribution >= 0.6 is 0 Å². The standard InChI is InChI=1S/C42H81NO3/c1-3-5-7-9-11-13-15-17-19-20-21-22-23-24-26-28-30-32-34-36-38-42(46)43-40(39-44)41(45)37-35-33-31-29-27-25-18-16-14-12-10-8-6-4-2/h27,29,35,37,40-41,44-45H,3-26,28,30-34,36,38-39H2,1-2H3,(H,43,46)/b29-27+,37-35+. The number of unbranched alkanes of at least 4 members (excludes halogenated alkanes) is 28. The topological polar surface area (TPSA) is 69.6 Å². The highest BCUT2D eigenvalue weighted by molar-refractivity contribution is 5.76. The molecular weight excluding hydrogens is 566 g/mol. The largest absolute Gasteiger partial charge is 0.394 e. The number of amides is 1. The van der Waals surface area contributed by atoms with E-state index in [0.29, 0.717) is 6.42 Å². The summed E-state index contributed by atoms with van der Waals surface area (Å²) in [7, 11) is 0. The van der Waals surface area contributed by atoms with Gasteiger partial charge in [-0.15, -0.1) is 0 Å². The lowest BCUT2D eigenvalue weighted by molar-refractivity contribution is -0.123. The number of aliphatic hydroxyl groups excluding tert-OH is 2. The van der Waals surface area contributed by atoms with Gasteiger partial charge >= 0.3 is 0 Å². The molecule has 0 aliphatic rings. The second-order valence-electron chi connectivity index (χ2n) is 14.1.